The quantitative estimate of drug-likeness (QED) is 0.457. The highest BCUT2D eigenvalue weighted by Crippen LogP contribution is 2.54. The number of benzene rings is 3. The van der Waals surface area contributed by atoms with Gasteiger partial charge in [-0.2, -0.15) is 0 Å². The summed E-state index contributed by atoms with van der Waals surface area (Å²) in [5.41, 5.74) is 1.43. The average Bonchev–Trinajstić information content (AvgIpc) is 3.10. The minimum atomic E-state index is -1.47. The van der Waals surface area contributed by atoms with Gasteiger partial charge in [0.1, 0.15) is 5.75 Å². The summed E-state index contributed by atoms with van der Waals surface area (Å²) >= 11 is 0. The van der Waals surface area contributed by atoms with Crippen LogP contribution in [0.3, 0.4) is 0 Å². The Bertz CT molecular complexity index is 1270. The Morgan fingerprint density at radius 1 is 0.909 bits per heavy atom. The minimum absolute atomic E-state index is 0.351. The van der Waals surface area contributed by atoms with Gasteiger partial charge in [-0.05, 0) is 49.4 Å². The van der Waals surface area contributed by atoms with Gasteiger partial charge in [0, 0.05) is 23.9 Å². The number of nitrogens with zero attached hydrogens (tertiary/aromatic N) is 2. The van der Waals surface area contributed by atoms with Crippen LogP contribution in [0, 0.1) is 6.92 Å². The van der Waals surface area contributed by atoms with Gasteiger partial charge in [0.05, 0.1) is 12.8 Å². The van der Waals surface area contributed by atoms with Gasteiger partial charge >= 0.3 is 0 Å². The number of imide groups is 1. The van der Waals surface area contributed by atoms with E-state index in [1.807, 2.05) is 19.1 Å². The summed E-state index contributed by atoms with van der Waals surface area (Å²) in [6.45, 7) is 1.93. The second kappa shape index (κ2) is 7.56. The number of hydrogen-bond donors (Lipinski definition) is 0. The fraction of sp³-hybridized carbons (Fsp3) is 0.192. The van der Waals surface area contributed by atoms with Crippen molar-refractivity contribution in [3.8, 4) is 5.75 Å². The first-order valence-corrected chi connectivity index (χ1v) is 10.5. The highest BCUT2D eigenvalue weighted by Gasteiger charge is 2.72. The highest BCUT2D eigenvalue weighted by molar-refractivity contribution is 6.33. The standard InChI is InChI=1S/C26H22N2O5/c1-16-8-10-17(11-9-16)23(29)27-21-7-5-4-6-20(21)26(25(27)31)22(33-3)24(30)28(26)18-12-14-19(32-2)15-13-18/h4-15,22H,1-3H3. The molecule has 3 amide bonds. The summed E-state index contributed by atoms with van der Waals surface area (Å²) in [6.07, 6.45) is -1.05. The summed E-state index contributed by atoms with van der Waals surface area (Å²) in [5, 5.41) is 0. The van der Waals surface area contributed by atoms with Crippen LogP contribution in [-0.2, 0) is 19.9 Å². The lowest BCUT2D eigenvalue weighted by molar-refractivity contribution is -0.155. The third kappa shape index (κ3) is 2.75. The van der Waals surface area contributed by atoms with Gasteiger partial charge in [0.25, 0.3) is 17.7 Å². The Kier molecular flexibility index (Phi) is 4.79. The number of aryl methyl sites for hydroxylation is 1. The fourth-order valence-electron chi connectivity index (χ4n) is 4.74. The first kappa shape index (κ1) is 20.9. The van der Waals surface area contributed by atoms with Crippen LogP contribution >= 0.6 is 0 Å². The minimum Gasteiger partial charge on any atom is -0.497 e. The van der Waals surface area contributed by atoms with E-state index in [1.165, 1.54) is 12.0 Å². The van der Waals surface area contributed by atoms with Crippen LogP contribution in [0.25, 0.3) is 0 Å². The van der Waals surface area contributed by atoms with Gasteiger partial charge in [-0.3, -0.25) is 19.3 Å². The zero-order valence-corrected chi connectivity index (χ0v) is 18.4. The highest BCUT2D eigenvalue weighted by atomic mass is 16.5. The predicted molar refractivity (Wildman–Crippen MR) is 122 cm³/mol. The van der Waals surface area contributed by atoms with Gasteiger partial charge in [-0.15, -0.1) is 0 Å². The van der Waals surface area contributed by atoms with Gasteiger partial charge < -0.3 is 9.47 Å². The van der Waals surface area contributed by atoms with Crippen LogP contribution < -0.4 is 14.5 Å². The molecule has 7 nitrogen and oxygen atoms in total. The molecule has 166 valence electrons. The summed E-state index contributed by atoms with van der Waals surface area (Å²) < 4.78 is 10.8. The molecule has 0 bridgehead atoms. The van der Waals surface area contributed by atoms with E-state index < -0.39 is 23.5 Å². The first-order chi connectivity index (χ1) is 15.9. The molecule has 33 heavy (non-hydrogen) atoms. The van der Waals surface area contributed by atoms with E-state index in [0.29, 0.717) is 28.3 Å². The maximum atomic E-state index is 14.1. The molecule has 2 aliphatic heterocycles. The Hall–Kier alpha value is -3.97. The Morgan fingerprint density at radius 2 is 1.58 bits per heavy atom. The van der Waals surface area contributed by atoms with Crippen molar-refractivity contribution in [3.05, 3.63) is 89.5 Å². The maximum Gasteiger partial charge on any atom is 0.268 e. The molecule has 0 N–H and O–H groups in total. The smallest absolute Gasteiger partial charge is 0.268 e. The largest absolute Gasteiger partial charge is 0.497 e. The molecule has 0 saturated carbocycles. The molecule has 1 saturated heterocycles. The molecule has 3 aromatic rings. The Morgan fingerprint density at radius 3 is 2.21 bits per heavy atom. The number of anilines is 2. The SMILES string of the molecule is COc1ccc(N2C(=O)C(OC)C23C(=O)N(C(=O)c2ccc(C)cc2)c2ccccc23)cc1. The van der Waals surface area contributed by atoms with E-state index in [9.17, 15) is 14.4 Å². The third-order valence-corrected chi connectivity index (χ3v) is 6.33. The molecule has 0 aliphatic carbocycles. The monoisotopic (exact) mass is 442 g/mol. The summed E-state index contributed by atoms with van der Waals surface area (Å²) in [4.78, 5) is 43.3. The molecular weight excluding hydrogens is 420 g/mol. The lowest BCUT2D eigenvalue weighted by atomic mass is 9.75. The number of rotatable bonds is 4. The zero-order valence-electron chi connectivity index (χ0n) is 18.4. The Balaban J connectivity index is 1.67. The number of amides is 3. The molecule has 1 spiro atoms. The van der Waals surface area contributed by atoms with E-state index in [4.69, 9.17) is 9.47 Å². The van der Waals surface area contributed by atoms with E-state index in [2.05, 4.69) is 0 Å². The van der Waals surface area contributed by atoms with E-state index in [1.54, 1.807) is 67.8 Å². The van der Waals surface area contributed by atoms with Crippen LogP contribution in [0.15, 0.2) is 72.8 Å². The lowest BCUT2D eigenvalue weighted by Gasteiger charge is -2.53. The number of para-hydroxylation sites is 1. The van der Waals surface area contributed by atoms with Crippen molar-refractivity contribution in [3.63, 3.8) is 0 Å². The van der Waals surface area contributed by atoms with Gasteiger partial charge in [0.2, 0.25) is 0 Å². The molecule has 7 heteroatoms. The molecule has 2 atom stereocenters. The lowest BCUT2D eigenvalue weighted by Crippen LogP contribution is -2.76. The second-order valence-electron chi connectivity index (χ2n) is 8.08. The van der Waals surface area contributed by atoms with Crippen LogP contribution in [-0.4, -0.2) is 38.0 Å². The third-order valence-electron chi connectivity index (χ3n) is 6.33. The summed E-state index contributed by atoms with van der Waals surface area (Å²) in [6, 6.07) is 20.9. The number of hydrogen-bond acceptors (Lipinski definition) is 5. The maximum absolute atomic E-state index is 14.1. The molecule has 2 unspecified atom stereocenters. The molecule has 1 fully saturated rings. The number of ether oxygens (including phenoxy) is 2. The van der Waals surface area contributed by atoms with Crippen molar-refractivity contribution < 1.29 is 23.9 Å². The molecule has 2 heterocycles. The topological polar surface area (TPSA) is 76.2 Å². The fourth-order valence-corrected chi connectivity index (χ4v) is 4.74. The predicted octanol–water partition coefficient (Wildman–Crippen LogP) is 3.45. The molecule has 0 aromatic heterocycles. The first-order valence-electron chi connectivity index (χ1n) is 10.5. The summed E-state index contributed by atoms with van der Waals surface area (Å²) in [5.74, 6) is -0.696. The zero-order chi connectivity index (χ0) is 23.3. The molecule has 3 aromatic carbocycles. The van der Waals surface area contributed by atoms with Crippen molar-refractivity contribution in [2.24, 2.45) is 0 Å². The average molecular weight is 442 g/mol. The van der Waals surface area contributed by atoms with Crippen LogP contribution in [0.2, 0.25) is 0 Å². The van der Waals surface area contributed by atoms with Crippen LogP contribution in [0.4, 0.5) is 11.4 Å². The normalized spacial score (nSPS) is 21.2. The number of β-lactam (4-membered cyclic amide) rings is 1. The van der Waals surface area contributed by atoms with Gasteiger partial charge in [-0.25, -0.2) is 4.90 Å². The molecular formula is C26H22N2O5. The molecule has 2 aliphatic rings. The van der Waals surface area contributed by atoms with Crippen molar-refractivity contribution in [1.82, 2.24) is 0 Å². The molecule has 0 radical (unpaired) electrons. The summed E-state index contributed by atoms with van der Waals surface area (Å²) in [7, 11) is 2.95. The molecule has 5 rings (SSSR count). The number of carbonyl (C=O) groups excluding carboxylic acids is 3. The van der Waals surface area contributed by atoms with Crippen molar-refractivity contribution in [2.45, 2.75) is 18.6 Å². The number of carbonyl (C=O) groups is 3. The number of fused-ring (bicyclic) bond motifs is 2. The van der Waals surface area contributed by atoms with Gasteiger partial charge in [0.15, 0.2) is 11.6 Å². The van der Waals surface area contributed by atoms with Crippen molar-refractivity contribution in [2.75, 3.05) is 24.0 Å². The van der Waals surface area contributed by atoms with Crippen LogP contribution in [0.1, 0.15) is 21.5 Å². The van der Waals surface area contributed by atoms with Gasteiger partial charge in [-0.1, -0.05) is 35.9 Å². The second-order valence-corrected chi connectivity index (χ2v) is 8.08. The van der Waals surface area contributed by atoms with E-state index in [-0.39, 0.29) is 5.91 Å². The van der Waals surface area contributed by atoms with Crippen LogP contribution in [0.5, 0.6) is 5.75 Å². The Labute approximate surface area is 191 Å². The van der Waals surface area contributed by atoms with Crippen molar-refractivity contribution >= 4 is 29.1 Å². The van der Waals surface area contributed by atoms with E-state index in [0.717, 1.165) is 10.5 Å². The van der Waals surface area contributed by atoms with E-state index >= 15 is 0 Å². The van der Waals surface area contributed by atoms with Crippen molar-refractivity contribution in [1.29, 1.82) is 0 Å². The number of methoxy groups -OCH3 is 2.